The van der Waals surface area contributed by atoms with Crippen molar-refractivity contribution in [1.29, 1.82) is 5.26 Å². The maximum Gasteiger partial charge on any atom is 0.133 e. The molecule has 0 aliphatic carbocycles. The number of nitriles is 1. The average molecular weight is 215 g/mol. The van der Waals surface area contributed by atoms with E-state index < -0.39 is 0 Å². The Bertz CT molecular complexity index is 537. The van der Waals surface area contributed by atoms with Crippen molar-refractivity contribution in [2.45, 2.75) is 6.92 Å². The summed E-state index contributed by atoms with van der Waals surface area (Å²) in [6, 6.07) is 9.12. The molecule has 0 spiro atoms. The van der Waals surface area contributed by atoms with Crippen LogP contribution < -0.4 is 0 Å². The normalized spacial score (nSPS) is 9.87. The Balaban J connectivity index is 2.57. The van der Waals surface area contributed by atoms with E-state index in [-0.39, 0.29) is 5.75 Å². The molecule has 74 valence electrons. The van der Waals surface area contributed by atoms with Crippen LogP contribution in [0.3, 0.4) is 0 Å². The first-order valence-electron chi connectivity index (χ1n) is 4.50. The highest BCUT2D eigenvalue weighted by Crippen LogP contribution is 2.31. The molecule has 0 bridgehead atoms. The van der Waals surface area contributed by atoms with Crippen LogP contribution in [0.25, 0.3) is 10.4 Å². The Morgan fingerprint density at radius 2 is 2.13 bits per heavy atom. The Kier molecular flexibility index (Phi) is 2.44. The van der Waals surface area contributed by atoms with Crippen molar-refractivity contribution in [3.63, 3.8) is 0 Å². The summed E-state index contributed by atoms with van der Waals surface area (Å²) in [5, 5.41) is 20.2. The topological polar surface area (TPSA) is 44.0 Å². The monoisotopic (exact) mass is 215 g/mol. The number of phenolic OH excluding ortho intramolecular Hbond substituents is 1. The van der Waals surface area contributed by atoms with Crippen LogP contribution in [0.5, 0.6) is 5.75 Å². The van der Waals surface area contributed by atoms with E-state index in [1.54, 1.807) is 23.5 Å². The molecule has 1 aromatic carbocycles. The highest BCUT2D eigenvalue weighted by Gasteiger charge is 2.06. The van der Waals surface area contributed by atoms with Gasteiger partial charge >= 0.3 is 0 Å². The minimum atomic E-state index is 0.0375. The molecule has 0 aliphatic heterocycles. The summed E-state index contributed by atoms with van der Waals surface area (Å²) in [7, 11) is 0. The van der Waals surface area contributed by atoms with Crippen LogP contribution in [0.1, 0.15) is 11.1 Å². The van der Waals surface area contributed by atoms with Crippen molar-refractivity contribution >= 4 is 11.3 Å². The maximum atomic E-state index is 9.38. The van der Waals surface area contributed by atoms with Crippen LogP contribution in [0.2, 0.25) is 0 Å². The minimum absolute atomic E-state index is 0.0375. The molecule has 15 heavy (non-hydrogen) atoms. The standard InChI is InChI=1S/C12H9NOS/c1-8-4-5-15-12(8)9-2-3-11(14)10(6-9)7-13/h2-6,14H,1H3. The van der Waals surface area contributed by atoms with E-state index in [4.69, 9.17) is 5.26 Å². The van der Waals surface area contributed by atoms with E-state index in [0.717, 1.165) is 10.4 Å². The summed E-state index contributed by atoms with van der Waals surface area (Å²) in [5.74, 6) is 0.0375. The van der Waals surface area contributed by atoms with Crippen molar-refractivity contribution in [3.8, 4) is 22.3 Å². The van der Waals surface area contributed by atoms with Gasteiger partial charge in [-0.3, -0.25) is 0 Å². The average Bonchev–Trinajstić information content (AvgIpc) is 2.65. The zero-order valence-electron chi connectivity index (χ0n) is 8.19. The van der Waals surface area contributed by atoms with Gasteiger partial charge in [0.15, 0.2) is 0 Å². The number of rotatable bonds is 1. The van der Waals surface area contributed by atoms with Crippen LogP contribution in [0, 0.1) is 18.3 Å². The van der Waals surface area contributed by atoms with Gasteiger partial charge < -0.3 is 5.11 Å². The predicted molar refractivity (Wildman–Crippen MR) is 60.9 cm³/mol. The Labute approximate surface area is 92.0 Å². The molecule has 2 rings (SSSR count). The zero-order chi connectivity index (χ0) is 10.8. The first-order valence-corrected chi connectivity index (χ1v) is 5.38. The zero-order valence-corrected chi connectivity index (χ0v) is 9.01. The molecule has 0 unspecified atom stereocenters. The number of aromatic hydroxyl groups is 1. The van der Waals surface area contributed by atoms with E-state index in [1.165, 1.54) is 5.56 Å². The SMILES string of the molecule is Cc1ccsc1-c1ccc(O)c(C#N)c1. The fourth-order valence-corrected chi connectivity index (χ4v) is 2.36. The molecule has 0 atom stereocenters. The third-order valence-corrected chi connectivity index (χ3v) is 3.31. The van der Waals surface area contributed by atoms with Gasteiger partial charge in [-0.1, -0.05) is 0 Å². The predicted octanol–water partition coefficient (Wildman–Crippen LogP) is 3.30. The molecule has 3 heteroatoms. The van der Waals surface area contributed by atoms with Crippen LogP contribution in [0.15, 0.2) is 29.6 Å². The number of hydrogen-bond donors (Lipinski definition) is 1. The van der Waals surface area contributed by atoms with Gasteiger partial charge in [-0.15, -0.1) is 11.3 Å². The summed E-state index contributed by atoms with van der Waals surface area (Å²) in [6.45, 7) is 2.03. The quantitative estimate of drug-likeness (QED) is 0.793. The number of phenols is 1. The second kappa shape index (κ2) is 3.76. The Hall–Kier alpha value is -1.79. The molecule has 1 aromatic heterocycles. The lowest BCUT2D eigenvalue weighted by atomic mass is 10.1. The number of hydrogen-bond acceptors (Lipinski definition) is 3. The third kappa shape index (κ3) is 1.72. The first-order chi connectivity index (χ1) is 7.22. The fourth-order valence-electron chi connectivity index (χ4n) is 1.44. The number of benzene rings is 1. The van der Waals surface area contributed by atoms with Crippen molar-refractivity contribution in [2.75, 3.05) is 0 Å². The molecule has 0 aliphatic rings. The lowest BCUT2D eigenvalue weighted by Crippen LogP contribution is -1.80. The second-order valence-corrected chi connectivity index (χ2v) is 4.19. The fraction of sp³-hybridized carbons (Fsp3) is 0.0833. The van der Waals surface area contributed by atoms with Crippen molar-refractivity contribution in [1.82, 2.24) is 0 Å². The highest BCUT2D eigenvalue weighted by molar-refractivity contribution is 7.13. The minimum Gasteiger partial charge on any atom is -0.507 e. The first kappa shape index (κ1) is 9.75. The van der Waals surface area contributed by atoms with Crippen LogP contribution >= 0.6 is 11.3 Å². The van der Waals surface area contributed by atoms with Crippen LogP contribution in [-0.2, 0) is 0 Å². The van der Waals surface area contributed by atoms with Gasteiger partial charge in [-0.2, -0.15) is 5.26 Å². The van der Waals surface area contributed by atoms with E-state index in [1.807, 2.05) is 30.5 Å². The number of thiophene rings is 1. The van der Waals surface area contributed by atoms with Crippen molar-refractivity contribution in [2.24, 2.45) is 0 Å². The molecule has 2 aromatic rings. The summed E-state index contributed by atoms with van der Waals surface area (Å²) in [5.41, 5.74) is 2.49. The number of nitrogens with zero attached hydrogens (tertiary/aromatic N) is 1. The molecule has 0 amide bonds. The van der Waals surface area contributed by atoms with Crippen molar-refractivity contribution in [3.05, 3.63) is 40.8 Å². The lowest BCUT2D eigenvalue weighted by molar-refractivity contribution is 0.473. The van der Waals surface area contributed by atoms with Crippen LogP contribution in [0.4, 0.5) is 0 Å². The number of aryl methyl sites for hydroxylation is 1. The van der Waals surface area contributed by atoms with Gasteiger partial charge in [0.25, 0.3) is 0 Å². The van der Waals surface area contributed by atoms with E-state index in [9.17, 15) is 5.11 Å². The molecule has 0 fully saturated rings. The van der Waals surface area contributed by atoms with Crippen LogP contribution in [-0.4, -0.2) is 5.11 Å². The van der Waals surface area contributed by atoms with Gasteiger partial charge in [-0.25, -0.2) is 0 Å². The highest BCUT2D eigenvalue weighted by atomic mass is 32.1. The molecule has 1 N–H and O–H groups in total. The third-order valence-electron chi connectivity index (χ3n) is 2.24. The van der Waals surface area contributed by atoms with Gasteiger partial charge in [-0.05, 0) is 47.7 Å². The van der Waals surface area contributed by atoms with Gasteiger partial charge in [0, 0.05) is 4.88 Å². The maximum absolute atomic E-state index is 9.38. The largest absolute Gasteiger partial charge is 0.507 e. The smallest absolute Gasteiger partial charge is 0.133 e. The summed E-state index contributed by atoms with van der Waals surface area (Å²) >= 11 is 1.64. The molecule has 1 heterocycles. The summed E-state index contributed by atoms with van der Waals surface area (Å²) < 4.78 is 0. The van der Waals surface area contributed by atoms with E-state index >= 15 is 0 Å². The molecule has 0 saturated heterocycles. The lowest BCUT2D eigenvalue weighted by Gasteiger charge is -2.01. The van der Waals surface area contributed by atoms with Crippen molar-refractivity contribution < 1.29 is 5.11 Å². The van der Waals surface area contributed by atoms with Gasteiger partial charge in [0.1, 0.15) is 11.8 Å². The summed E-state index contributed by atoms with van der Waals surface area (Å²) in [6.07, 6.45) is 0. The molecular weight excluding hydrogens is 206 g/mol. The molecular formula is C12H9NOS. The molecule has 0 saturated carbocycles. The van der Waals surface area contributed by atoms with Gasteiger partial charge in [0.05, 0.1) is 5.56 Å². The van der Waals surface area contributed by atoms with E-state index in [0.29, 0.717) is 5.56 Å². The summed E-state index contributed by atoms with van der Waals surface area (Å²) in [4.78, 5) is 1.14. The van der Waals surface area contributed by atoms with Gasteiger partial charge in [0.2, 0.25) is 0 Å². The second-order valence-electron chi connectivity index (χ2n) is 3.28. The van der Waals surface area contributed by atoms with E-state index in [2.05, 4.69) is 0 Å². The molecule has 0 radical (unpaired) electrons. The Morgan fingerprint density at radius 1 is 1.33 bits per heavy atom. The molecule has 2 nitrogen and oxygen atoms in total. The Morgan fingerprint density at radius 3 is 2.73 bits per heavy atom.